The maximum Gasteiger partial charge on any atom is 0.381 e. The van der Waals surface area contributed by atoms with Gasteiger partial charge in [0.2, 0.25) is 5.82 Å². The molecule has 0 atom stereocenters. The van der Waals surface area contributed by atoms with Crippen molar-refractivity contribution in [3.63, 3.8) is 0 Å². The van der Waals surface area contributed by atoms with Crippen molar-refractivity contribution in [3.05, 3.63) is 22.1 Å². The third-order valence-corrected chi connectivity index (χ3v) is 2.29. The Bertz CT molecular complexity index is 340. The van der Waals surface area contributed by atoms with Crippen LogP contribution in [0, 0.1) is 17.0 Å². The van der Waals surface area contributed by atoms with Crippen molar-refractivity contribution in [3.8, 4) is 0 Å². The fourth-order valence-electron chi connectivity index (χ4n) is 1.13. The normalized spacial score (nSPS) is 10.5. The first-order valence-electron chi connectivity index (χ1n) is 4.47. The second kappa shape index (κ2) is 6.01. The van der Waals surface area contributed by atoms with Crippen molar-refractivity contribution in [2.45, 2.75) is 13.5 Å². The molecule has 0 amide bonds. The SMILES string of the molecule is Cc1nc([N+](=O)[O-])cn1CCOCCI. The van der Waals surface area contributed by atoms with Crippen LogP contribution in [0.2, 0.25) is 0 Å². The van der Waals surface area contributed by atoms with Crippen molar-refractivity contribution in [2.24, 2.45) is 0 Å². The van der Waals surface area contributed by atoms with Gasteiger partial charge in [0.15, 0.2) is 0 Å². The van der Waals surface area contributed by atoms with Gasteiger partial charge < -0.3 is 19.4 Å². The Morgan fingerprint density at radius 2 is 2.40 bits per heavy atom. The van der Waals surface area contributed by atoms with Crippen molar-refractivity contribution >= 4 is 28.4 Å². The van der Waals surface area contributed by atoms with Crippen LogP contribution in [-0.4, -0.2) is 32.1 Å². The zero-order chi connectivity index (χ0) is 11.3. The van der Waals surface area contributed by atoms with Crippen LogP contribution in [-0.2, 0) is 11.3 Å². The number of aromatic nitrogens is 2. The Balaban J connectivity index is 2.50. The Kier molecular flexibility index (Phi) is 4.95. The van der Waals surface area contributed by atoms with Crippen molar-refractivity contribution < 1.29 is 9.66 Å². The van der Waals surface area contributed by atoms with E-state index >= 15 is 0 Å². The summed E-state index contributed by atoms with van der Waals surface area (Å²) in [5.41, 5.74) is 0. The highest BCUT2D eigenvalue weighted by Gasteiger charge is 2.14. The maximum absolute atomic E-state index is 10.4. The van der Waals surface area contributed by atoms with E-state index in [0.29, 0.717) is 25.6 Å². The molecule has 15 heavy (non-hydrogen) atoms. The second-order valence-electron chi connectivity index (χ2n) is 2.90. The first kappa shape index (κ1) is 12.4. The lowest BCUT2D eigenvalue weighted by molar-refractivity contribution is -0.389. The molecule has 1 aromatic rings. The van der Waals surface area contributed by atoms with Crippen LogP contribution in [0.4, 0.5) is 5.82 Å². The smallest absolute Gasteiger partial charge is 0.379 e. The summed E-state index contributed by atoms with van der Waals surface area (Å²) in [7, 11) is 0. The Morgan fingerprint density at radius 1 is 1.67 bits per heavy atom. The number of rotatable bonds is 6. The highest BCUT2D eigenvalue weighted by Crippen LogP contribution is 2.09. The minimum absolute atomic E-state index is 0.110. The van der Waals surface area contributed by atoms with Gasteiger partial charge in [-0.25, -0.2) is 0 Å². The van der Waals surface area contributed by atoms with Gasteiger partial charge in [-0.05, 0) is 9.91 Å². The number of nitro groups is 1. The third kappa shape index (κ3) is 3.74. The number of aryl methyl sites for hydroxylation is 1. The topological polar surface area (TPSA) is 70.2 Å². The monoisotopic (exact) mass is 325 g/mol. The molecule has 0 aliphatic carbocycles. The average Bonchev–Trinajstić information content (AvgIpc) is 2.55. The number of ether oxygens (including phenoxy) is 1. The predicted molar refractivity (Wildman–Crippen MR) is 63.3 cm³/mol. The summed E-state index contributed by atoms with van der Waals surface area (Å²) >= 11 is 2.23. The molecular weight excluding hydrogens is 313 g/mol. The van der Waals surface area contributed by atoms with Crippen LogP contribution < -0.4 is 0 Å². The van der Waals surface area contributed by atoms with Crippen LogP contribution in [0.5, 0.6) is 0 Å². The standard InChI is InChI=1S/C8H12IN3O3/c1-7-10-8(12(13)14)6-11(7)3-5-15-4-2-9/h6H,2-5H2,1H3. The lowest BCUT2D eigenvalue weighted by Gasteiger charge is -2.02. The van der Waals surface area contributed by atoms with Crippen LogP contribution in [0.3, 0.4) is 0 Å². The van der Waals surface area contributed by atoms with Gasteiger partial charge in [0.1, 0.15) is 6.20 Å². The number of alkyl halides is 1. The van der Waals surface area contributed by atoms with E-state index in [0.717, 1.165) is 4.43 Å². The molecule has 0 saturated heterocycles. The summed E-state index contributed by atoms with van der Waals surface area (Å²) in [5.74, 6) is 0.529. The Labute approximate surface area is 101 Å². The van der Waals surface area contributed by atoms with Crippen molar-refractivity contribution in [2.75, 3.05) is 17.6 Å². The van der Waals surface area contributed by atoms with E-state index in [2.05, 4.69) is 27.6 Å². The molecule has 0 N–H and O–H groups in total. The van der Waals surface area contributed by atoms with E-state index in [1.807, 2.05) is 0 Å². The van der Waals surface area contributed by atoms with Gasteiger partial charge in [0.25, 0.3) is 0 Å². The van der Waals surface area contributed by atoms with Crippen LogP contribution >= 0.6 is 22.6 Å². The quantitative estimate of drug-likeness (QED) is 0.262. The number of hydrogen-bond donors (Lipinski definition) is 0. The summed E-state index contributed by atoms with van der Waals surface area (Å²) in [4.78, 5) is 13.8. The number of halogens is 1. The zero-order valence-corrected chi connectivity index (χ0v) is 10.5. The summed E-state index contributed by atoms with van der Waals surface area (Å²) in [5, 5.41) is 10.4. The maximum atomic E-state index is 10.4. The van der Waals surface area contributed by atoms with Gasteiger partial charge in [-0.1, -0.05) is 22.6 Å². The molecule has 0 aliphatic rings. The van der Waals surface area contributed by atoms with Gasteiger partial charge in [-0.3, -0.25) is 0 Å². The first-order chi connectivity index (χ1) is 7.15. The molecule has 0 unspecified atom stereocenters. The van der Waals surface area contributed by atoms with E-state index in [1.165, 1.54) is 6.20 Å². The second-order valence-corrected chi connectivity index (χ2v) is 3.98. The first-order valence-corrected chi connectivity index (χ1v) is 5.99. The predicted octanol–water partition coefficient (Wildman–Crippen LogP) is 1.55. The van der Waals surface area contributed by atoms with Crippen molar-refractivity contribution in [1.82, 2.24) is 9.55 Å². The van der Waals surface area contributed by atoms with Gasteiger partial charge in [0.05, 0.1) is 13.2 Å². The average molecular weight is 325 g/mol. The fourth-order valence-corrected chi connectivity index (χ4v) is 1.44. The number of imidazole rings is 1. The number of nitrogens with zero attached hydrogens (tertiary/aromatic N) is 3. The van der Waals surface area contributed by atoms with E-state index in [9.17, 15) is 10.1 Å². The molecule has 84 valence electrons. The Hall–Kier alpha value is -0.700. The summed E-state index contributed by atoms with van der Waals surface area (Å²) < 4.78 is 7.96. The zero-order valence-electron chi connectivity index (χ0n) is 8.35. The molecule has 0 aliphatic heterocycles. The van der Waals surface area contributed by atoms with Crippen LogP contribution in [0.15, 0.2) is 6.20 Å². The molecule has 0 saturated carbocycles. The minimum atomic E-state index is -0.491. The molecule has 0 bridgehead atoms. The third-order valence-electron chi connectivity index (χ3n) is 1.85. The molecule has 7 heteroatoms. The molecule has 6 nitrogen and oxygen atoms in total. The summed E-state index contributed by atoms with van der Waals surface area (Å²) in [6.07, 6.45) is 1.43. The summed E-state index contributed by atoms with van der Waals surface area (Å²) in [6.45, 7) is 3.60. The van der Waals surface area contributed by atoms with E-state index in [-0.39, 0.29) is 5.82 Å². The molecule has 0 spiro atoms. The summed E-state index contributed by atoms with van der Waals surface area (Å²) in [6, 6.07) is 0. The highest BCUT2D eigenvalue weighted by atomic mass is 127. The highest BCUT2D eigenvalue weighted by molar-refractivity contribution is 14.1. The lowest BCUT2D eigenvalue weighted by atomic mass is 10.6. The van der Waals surface area contributed by atoms with Crippen molar-refractivity contribution in [1.29, 1.82) is 0 Å². The number of hydrogen-bond acceptors (Lipinski definition) is 4. The van der Waals surface area contributed by atoms with E-state index in [1.54, 1.807) is 11.5 Å². The van der Waals surface area contributed by atoms with E-state index < -0.39 is 4.92 Å². The molecule has 0 fully saturated rings. The van der Waals surface area contributed by atoms with Crippen LogP contribution in [0.1, 0.15) is 5.82 Å². The van der Waals surface area contributed by atoms with Gasteiger partial charge in [-0.15, -0.1) is 0 Å². The van der Waals surface area contributed by atoms with Gasteiger partial charge in [0, 0.05) is 17.9 Å². The molecular formula is C8H12IN3O3. The minimum Gasteiger partial charge on any atom is -0.379 e. The molecule has 1 aromatic heterocycles. The lowest BCUT2D eigenvalue weighted by Crippen LogP contribution is -2.07. The molecule has 1 rings (SSSR count). The fraction of sp³-hybridized carbons (Fsp3) is 0.625. The van der Waals surface area contributed by atoms with E-state index in [4.69, 9.17) is 4.74 Å². The molecule has 0 aromatic carbocycles. The largest absolute Gasteiger partial charge is 0.381 e. The molecule has 0 radical (unpaired) electrons. The van der Waals surface area contributed by atoms with Gasteiger partial charge >= 0.3 is 5.82 Å². The van der Waals surface area contributed by atoms with Crippen LogP contribution in [0.25, 0.3) is 0 Å². The molecule has 1 heterocycles. The van der Waals surface area contributed by atoms with Gasteiger partial charge in [-0.2, -0.15) is 0 Å². The Morgan fingerprint density at radius 3 is 2.93 bits per heavy atom.